The minimum absolute atomic E-state index is 0.0766. The van der Waals surface area contributed by atoms with E-state index in [4.69, 9.17) is 9.73 Å². The number of hydrogen-bond acceptors (Lipinski definition) is 3. The molecule has 0 saturated carbocycles. The highest BCUT2D eigenvalue weighted by Gasteiger charge is 2.24. The van der Waals surface area contributed by atoms with Crippen LogP contribution in [0, 0.1) is 5.41 Å². The van der Waals surface area contributed by atoms with Gasteiger partial charge in [0.25, 0.3) is 0 Å². The van der Waals surface area contributed by atoms with Gasteiger partial charge >= 0.3 is 0 Å². The van der Waals surface area contributed by atoms with Gasteiger partial charge in [-0.1, -0.05) is 34.6 Å². The molecule has 2 N–H and O–H groups in total. The van der Waals surface area contributed by atoms with E-state index in [9.17, 15) is 0 Å². The number of methoxy groups -OCH3 is 1. The van der Waals surface area contributed by atoms with E-state index in [0.29, 0.717) is 6.54 Å². The Morgan fingerprint density at radius 1 is 1.20 bits per heavy atom. The Morgan fingerprint density at radius 2 is 1.88 bits per heavy atom. The van der Waals surface area contributed by atoms with Crippen LogP contribution < -0.4 is 10.6 Å². The van der Waals surface area contributed by atoms with Gasteiger partial charge in [-0.3, -0.25) is 4.68 Å². The third kappa shape index (κ3) is 6.03. The minimum atomic E-state index is 0.0766. The van der Waals surface area contributed by atoms with Crippen LogP contribution in [0.1, 0.15) is 58.5 Å². The van der Waals surface area contributed by atoms with Gasteiger partial charge in [0.2, 0.25) is 0 Å². The number of aliphatic imine (C=N–C) groups is 1. The van der Waals surface area contributed by atoms with Crippen LogP contribution in [0.2, 0.25) is 0 Å². The lowest BCUT2D eigenvalue weighted by molar-refractivity contribution is 0.0205. The topological polar surface area (TPSA) is 63.5 Å². The van der Waals surface area contributed by atoms with Gasteiger partial charge in [0.1, 0.15) is 0 Å². The fraction of sp³-hybridized carbons (Fsp3) is 0.789. The number of aryl methyl sites for hydroxylation is 2. The standard InChI is InChI=1S/C19H37N5O/c1-9-15-14(16(10-2)24(7)23-15)12-21-18(20-11-3)22-13-17(25-8)19(4,5)6/h17H,9-13H2,1-8H3,(H2,20,21,22). The molecule has 0 fully saturated rings. The average molecular weight is 352 g/mol. The summed E-state index contributed by atoms with van der Waals surface area (Å²) in [5.41, 5.74) is 3.74. The molecule has 6 heteroatoms. The zero-order valence-corrected chi connectivity index (χ0v) is 17.4. The fourth-order valence-electron chi connectivity index (χ4n) is 3.00. The van der Waals surface area contributed by atoms with E-state index in [1.165, 1.54) is 11.3 Å². The third-order valence-corrected chi connectivity index (χ3v) is 4.47. The summed E-state index contributed by atoms with van der Waals surface area (Å²) < 4.78 is 7.61. The van der Waals surface area contributed by atoms with Crippen LogP contribution in [-0.4, -0.2) is 42.0 Å². The number of nitrogens with zero attached hydrogens (tertiary/aromatic N) is 3. The molecule has 1 rings (SSSR count). The van der Waals surface area contributed by atoms with Crippen molar-refractivity contribution < 1.29 is 4.74 Å². The lowest BCUT2D eigenvalue weighted by Gasteiger charge is -2.30. The summed E-state index contributed by atoms with van der Waals surface area (Å²) in [5, 5.41) is 11.4. The molecule has 25 heavy (non-hydrogen) atoms. The molecule has 0 amide bonds. The summed E-state index contributed by atoms with van der Waals surface area (Å²) in [5.74, 6) is 0.821. The number of aromatic nitrogens is 2. The number of rotatable bonds is 8. The van der Waals surface area contributed by atoms with Crippen molar-refractivity contribution in [3.63, 3.8) is 0 Å². The molecule has 1 aromatic rings. The second-order valence-electron chi connectivity index (χ2n) is 7.37. The van der Waals surface area contributed by atoms with Crippen molar-refractivity contribution in [2.75, 3.05) is 20.2 Å². The van der Waals surface area contributed by atoms with Gasteiger partial charge in [0.15, 0.2) is 5.96 Å². The van der Waals surface area contributed by atoms with E-state index in [0.717, 1.165) is 37.6 Å². The maximum absolute atomic E-state index is 5.62. The molecule has 0 aromatic carbocycles. The molecule has 0 aliphatic rings. The van der Waals surface area contributed by atoms with E-state index in [1.54, 1.807) is 7.11 Å². The maximum Gasteiger partial charge on any atom is 0.191 e. The normalized spacial score (nSPS) is 13.8. The monoisotopic (exact) mass is 351 g/mol. The van der Waals surface area contributed by atoms with Crippen LogP contribution in [-0.2, 0) is 31.2 Å². The van der Waals surface area contributed by atoms with E-state index >= 15 is 0 Å². The molecule has 1 atom stereocenters. The largest absolute Gasteiger partial charge is 0.379 e. The predicted octanol–water partition coefficient (Wildman–Crippen LogP) is 2.66. The second-order valence-corrected chi connectivity index (χ2v) is 7.37. The highest BCUT2D eigenvalue weighted by molar-refractivity contribution is 5.79. The highest BCUT2D eigenvalue weighted by Crippen LogP contribution is 2.21. The molecule has 0 aliphatic carbocycles. The summed E-state index contributed by atoms with van der Waals surface area (Å²) in [6, 6.07) is 0. The van der Waals surface area contributed by atoms with Gasteiger partial charge in [0.05, 0.1) is 18.3 Å². The molecule has 0 aliphatic heterocycles. The van der Waals surface area contributed by atoms with Gasteiger partial charge in [0, 0.05) is 38.5 Å². The molecule has 6 nitrogen and oxygen atoms in total. The lowest BCUT2D eigenvalue weighted by atomic mass is 9.89. The van der Waals surface area contributed by atoms with Crippen LogP contribution in [0.25, 0.3) is 0 Å². The quantitative estimate of drug-likeness (QED) is 0.558. The van der Waals surface area contributed by atoms with Crippen molar-refractivity contribution in [3.05, 3.63) is 17.0 Å². The highest BCUT2D eigenvalue weighted by atomic mass is 16.5. The van der Waals surface area contributed by atoms with Crippen molar-refractivity contribution in [1.29, 1.82) is 0 Å². The SMILES string of the molecule is CCNC(=NCc1c(CC)nn(C)c1CC)NCC(OC)C(C)(C)C. The minimum Gasteiger partial charge on any atom is -0.379 e. The van der Waals surface area contributed by atoms with E-state index < -0.39 is 0 Å². The van der Waals surface area contributed by atoms with Crippen LogP contribution >= 0.6 is 0 Å². The first-order chi connectivity index (χ1) is 11.8. The molecule has 1 aromatic heterocycles. The zero-order chi connectivity index (χ0) is 19.0. The summed E-state index contributed by atoms with van der Waals surface area (Å²) >= 11 is 0. The Kier molecular flexibility index (Phi) is 8.42. The van der Waals surface area contributed by atoms with E-state index in [2.05, 4.69) is 57.3 Å². The van der Waals surface area contributed by atoms with Crippen LogP contribution in [0.15, 0.2) is 4.99 Å². The lowest BCUT2D eigenvalue weighted by Crippen LogP contribution is -2.45. The number of hydrogen-bond donors (Lipinski definition) is 2. The van der Waals surface area contributed by atoms with E-state index in [1.807, 2.05) is 11.7 Å². The van der Waals surface area contributed by atoms with Crippen LogP contribution in [0.5, 0.6) is 0 Å². The molecule has 0 bridgehead atoms. The van der Waals surface area contributed by atoms with Crippen molar-refractivity contribution in [1.82, 2.24) is 20.4 Å². The van der Waals surface area contributed by atoms with Crippen molar-refractivity contribution in [2.45, 2.75) is 67.0 Å². The Labute approximate surface area is 153 Å². The molecule has 144 valence electrons. The number of nitrogens with one attached hydrogen (secondary N) is 2. The first-order valence-electron chi connectivity index (χ1n) is 9.36. The summed E-state index contributed by atoms with van der Waals surface area (Å²) in [6.45, 7) is 15.1. The first kappa shape index (κ1) is 21.5. The molecule has 0 spiro atoms. The number of guanidine groups is 1. The van der Waals surface area contributed by atoms with Gasteiger partial charge in [-0.15, -0.1) is 0 Å². The van der Waals surface area contributed by atoms with Crippen molar-refractivity contribution in [2.24, 2.45) is 17.5 Å². The van der Waals surface area contributed by atoms with Crippen molar-refractivity contribution >= 4 is 5.96 Å². The molecule has 0 radical (unpaired) electrons. The van der Waals surface area contributed by atoms with Gasteiger partial charge in [-0.25, -0.2) is 4.99 Å². The van der Waals surface area contributed by atoms with Gasteiger partial charge < -0.3 is 15.4 Å². The first-order valence-corrected chi connectivity index (χ1v) is 9.36. The molecule has 1 heterocycles. The Morgan fingerprint density at radius 3 is 2.36 bits per heavy atom. The third-order valence-electron chi connectivity index (χ3n) is 4.47. The Balaban J connectivity index is 2.89. The van der Waals surface area contributed by atoms with Crippen LogP contribution in [0.4, 0.5) is 0 Å². The van der Waals surface area contributed by atoms with E-state index in [-0.39, 0.29) is 11.5 Å². The number of ether oxygens (including phenoxy) is 1. The fourth-order valence-corrected chi connectivity index (χ4v) is 3.00. The summed E-state index contributed by atoms with van der Waals surface area (Å²) in [6.07, 6.45) is 2.01. The second kappa shape index (κ2) is 9.80. The van der Waals surface area contributed by atoms with Gasteiger partial charge in [-0.05, 0) is 25.2 Å². The smallest absolute Gasteiger partial charge is 0.191 e. The molecule has 1 unspecified atom stereocenters. The zero-order valence-electron chi connectivity index (χ0n) is 17.4. The summed E-state index contributed by atoms with van der Waals surface area (Å²) in [7, 11) is 3.78. The predicted molar refractivity (Wildman–Crippen MR) is 105 cm³/mol. The average Bonchev–Trinajstić information content (AvgIpc) is 2.86. The Hall–Kier alpha value is -1.56. The van der Waals surface area contributed by atoms with Gasteiger partial charge in [-0.2, -0.15) is 5.10 Å². The van der Waals surface area contributed by atoms with Crippen LogP contribution in [0.3, 0.4) is 0 Å². The molecule has 0 saturated heterocycles. The van der Waals surface area contributed by atoms with Crippen molar-refractivity contribution in [3.8, 4) is 0 Å². The molecular formula is C19H37N5O. The maximum atomic E-state index is 5.62. The molecular weight excluding hydrogens is 314 g/mol. The summed E-state index contributed by atoms with van der Waals surface area (Å²) in [4.78, 5) is 4.79. The Bertz CT molecular complexity index is 557.